The Morgan fingerprint density at radius 1 is 1.05 bits per heavy atom. The van der Waals surface area contributed by atoms with Crippen molar-refractivity contribution in [3.05, 3.63) is 59.2 Å². The van der Waals surface area contributed by atoms with Gasteiger partial charge in [0.05, 0.1) is 24.5 Å². The van der Waals surface area contributed by atoms with Gasteiger partial charge in [0.15, 0.2) is 0 Å². The molecule has 1 aliphatic carbocycles. The maximum absolute atomic E-state index is 14.3. The van der Waals surface area contributed by atoms with Crippen LogP contribution in [0.2, 0.25) is 0 Å². The van der Waals surface area contributed by atoms with Gasteiger partial charge in [-0.1, -0.05) is 0 Å². The number of unbranched alkanes of at least 4 members (excludes halogenated alkanes) is 2. The summed E-state index contributed by atoms with van der Waals surface area (Å²) in [5, 5.41) is 21.7. The van der Waals surface area contributed by atoms with Crippen LogP contribution in [0.3, 0.4) is 0 Å². The van der Waals surface area contributed by atoms with Crippen molar-refractivity contribution in [3.8, 4) is 5.75 Å². The Balaban J connectivity index is 1.44. The highest BCUT2D eigenvalue weighted by Gasteiger charge is 2.35. The van der Waals surface area contributed by atoms with Crippen molar-refractivity contribution in [2.45, 2.75) is 57.4 Å². The molecule has 0 saturated heterocycles. The summed E-state index contributed by atoms with van der Waals surface area (Å²) in [6.07, 6.45) is -3.76. The molecule has 3 heterocycles. The molecular formula is C27H29F6N7O2. The lowest BCUT2D eigenvalue weighted by atomic mass is 9.98. The van der Waals surface area contributed by atoms with Crippen molar-refractivity contribution < 1.29 is 35.8 Å². The van der Waals surface area contributed by atoms with Crippen molar-refractivity contribution in [2.24, 2.45) is 5.92 Å². The van der Waals surface area contributed by atoms with E-state index in [2.05, 4.69) is 31.0 Å². The molecule has 1 saturated carbocycles. The fourth-order valence-corrected chi connectivity index (χ4v) is 4.57. The normalized spacial score (nSPS) is 19.5. The van der Waals surface area contributed by atoms with Crippen molar-refractivity contribution >= 4 is 16.8 Å². The minimum absolute atomic E-state index is 0.00620. The second-order valence-corrected chi connectivity index (χ2v) is 10.2. The summed E-state index contributed by atoms with van der Waals surface area (Å²) in [5.41, 5.74) is 0.524. The van der Waals surface area contributed by atoms with E-state index in [1.54, 1.807) is 12.1 Å². The largest absolute Gasteiger partial charge is 0.494 e. The van der Waals surface area contributed by atoms with Gasteiger partial charge >= 0.3 is 12.4 Å². The molecule has 2 aliphatic rings. The average molecular weight is 598 g/mol. The van der Waals surface area contributed by atoms with Gasteiger partial charge < -0.3 is 14.8 Å². The van der Waals surface area contributed by atoms with Gasteiger partial charge in [0.25, 0.3) is 0 Å². The van der Waals surface area contributed by atoms with Crippen LogP contribution in [0.15, 0.2) is 36.5 Å². The summed E-state index contributed by atoms with van der Waals surface area (Å²) in [5.74, 6) is 0.757. The number of H-pyrrole nitrogens is 1. The van der Waals surface area contributed by atoms with Crippen LogP contribution < -0.4 is 10.1 Å². The summed E-state index contributed by atoms with van der Waals surface area (Å²) in [7, 11) is 0. The van der Waals surface area contributed by atoms with Crippen LogP contribution in [0.25, 0.3) is 16.8 Å². The zero-order valence-corrected chi connectivity index (χ0v) is 22.4. The van der Waals surface area contributed by atoms with Gasteiger partial charge in [-0.25, -0.2) is 0 Å². The van der Waals surface area contributed by atoms with E-state index in [0.29, 0.717) is 22.8 Å². The Labute approximate surface area is 237 Å². The Morgan fingerprint density at radius 3 is 2.60 bits per heavy atom. The van der Waals surface area contributed by atoms with Crippen LogP contribution in [0.1, 0.15) is 61.2 Å². The molecule has 2 aromatic heterocycles. The predicted octanol–water partition coefficient (Wildman–Crippen LogP) is 5.86. The Kier molecular flexibility index (Phi) is 8.85. The van der Waals surface area contributed by atoms with Crippen LogP contribution >= 0.6 is 0 Å². The third-order valence-electron chi connectivity index (χ3n) is 6.86. The molecule has 0 amide bonds. The highest BCUT2D eigenvalue weighted by molar-refractivity contribution is 5.97. The number of benzene rings is 1. The first kappa shape index (κ1) is 29.6. The van der Waals surface area contributed by atoms with Gasteiger partial charge in [-0.2, -0.15) is 36.7 Å². The number of nitrogens with one attached hydrogen (secondary N) is 2. The number of alkyl halides is 6. The quantitative estimate of drug-likeness (QED) is 0.211. The Morgan fingerprint density at radius 2 is 1.88 bits per heavy atom. The van der Waals surface area contributed by atoms with E-state index >= 15 is 0 Å². The van der Waals surface area contributed by atoms with Crippen molar-refractivity contribution in [2.75, 3.05) is 19.9 Å². The van der Waals surface area contributed by atoms with Gasteiger partial charge in [-0.3, -0.25) is 4.68 Å². The zero-order valence-electron chi connectivity index (χ0n) is 22.4. The minimum atomic E-state index is -4.74. The molecule has 0 spiro atoms. The molecule has 1 fully saturated rings. The molecular weight excluding hydrogens is 568 g/mol. The molecule has 1 aromatic carbocycles. The minimum Gasteiger partial charge on any atom is -0.494 e. The lowest BCUT2D eigenvalue weighted by Crippen LogP contribution is -2.22. The number of ether oxygens (including phenoxy) is 2. The van der Waals surface area contributed by atoms with Crippen LogP contribution in [-0.2, 0) is 17.5 Å². The SMILES string of the molecule is FC(F)(F)CCCCCOc1ccc(/C2=C/C(c3ccn(CC4CC4)n3)=C(/c3nn[nH]n3)COCN2)c(C(F)(F)F)c1. The number of halogens is 6. The zero-order chi connectivity index (χ0) is 29.7. The first-order valence-corrected chi connectivity index (χ1v) is 13.5. The topological polar surface area (TPSA) is 103 Å². The van der Waals surface area contributed by atoms with E-state index in [0.717, 1.165) is 25.5 Å². The molecule has 0 radical (unpaired) electrons. The fraction of sp³-hybridized carbons (Fsp3) is 0.481. The molecule has 9 nitrogen and oxygen atoms in total. The molecule has 0 unspecified atom stereocenters. The number of tetrazole rings is 1. The van der Waals surface area contributed by atoms with Gasteiger partial charge in [-0.15, -0.1) is 10.2 Å². The van der Waals surface area contributed by atoms with E-state index in [1.807, 2.05) is 10.9 Å². The highest BCUT2D eigenvalue weighted by atomic mass is 19.4. The second kappa shape index (κ2) is 12.5. The van der Waals surface area contributed by atoms with E-state index < -0.39 is 24.3 Å². The maximum atomic E-state index is 14.3. The molecule has 0 bridgehead atoms. The van der Waals surface area contributed by atoms with Crippen molar-refractivity contribution in [3.63, 3.8) is 0 Å². The summed E-state index contributed by atoms with van der Waals surface area (Å²) in [6, 6.07) is 5.36. The first-order valence-electron chi connectivity index (χ1n) is 13.5. The molecule has 3 aromatic rings. The number of hydrogen-bond donors (Lipinski definition) is 2. The van der Waals surface area contributed by atoms with Crippen molar-refractivity contribution in [1.29, 1.82) is 0 Å². The lowest BCUT2D eigenvalue weighted by molar-refractivity contribution is -0.138. The molecule has 2 N–H and O–H groups in total. The third kappa shape index (κ3) is 7.89. The summed E-state index contributed by atoms with van der Waals surface area (Å²) >= 11 is 0. The number of allylic oxidation sites excluding steroid dienone is 2. The number of hydrogen-bond acceptors (Lipinski definition) is 7. The standard InChI is InChI=1S/C27H29F6N7O2/c28-26(29,30)9-2-1-3-11-42-18-6-7-19(22(12-18)27(31,32)33)24-13-20(23-8-10-40(37-23)14-17-4-5-17)21(15-41-16-34-24)25-35-38-39-36-25/h6-8,10,12-13,17,34H,1-5,9,11,14-16H2,(H,35,36,38,39)/b21-20-,24-13-. The van der Waals surface area contributed by atoms with Crippen molar-refractivity contribution in [1.82, 2.24) is 35.7 Å². The van der Waals surface area contributed by atoms with E-state index in [4.69, 9.17) is 9.47 Å². The maximum Gasteiger partial charge on any atom is 0.417 e. The highest BCUT2D eigenvalue weighted by Crippen LogP contribution is 2.39. The van der Waals surface area contributed by atoms with Crippen LogP contribution in [0, 0.1) is 5.92 Å². The van der Waals surface area contributed by atoms with Crippen LogP contribution in [0.5, 0.6) is 5.75 Å². The Bertz CT molecular complexity index is 1410. The van der Waals surface area contributed by atoms with Gasteiger partial charge in [0.1, 0.15) is 12.5 Å². The lowest BCUT2D eigenvalue weighted by Gasteiger charge is -2.21. The molecule has 1 aliphatic heterocycles. The summed E-state index contributed by atoms with van der Waals surface area (Å²) in [6.45, 7) is 0.707. The van der Waals surface area contributed by atoms with E-state index in [-0.39, 0.29) is 62.0 Å². The monoisotopic (exact) mass is 597 g/mol. The number of nitrogens with zero attached hydrogens (tertiary/aromatic N) is 5. The van der Waals surface area contributed by atoms with E-state index in [1.165, 1.54) is 12.1 Å². The molecule has 0 atom stereocenters. The first-order chi connectivity index (χ1) is 20.1. The summed E-state index contributed by atoms with van der Waals surface area (Å²) < 4.78 is 92.8. The second-order valence-electron chi connectivity index (χ2n) is 10.2. The number of rotatable bonds is 11. The molecule has 42 heavy (non-hydrogen) atoms. The van der Waals surface area contributed by atoms with Gasteiger partial charge in [0.2, 0.25) is 5.82 Å². The smallest absolute Gasteiger partial charge is 0.417 e. The van der Waals surface area contributed by atoms with Gasteiger partial charge in [-0.05, 0) is 73.6 Å². The van der Waals surface area contributed by atoms with E-state index in [9.17, 15) is 26.3 Å². The Hall–Kier alpha value is -3.88. The van der Waals surface area contributed by atoms with Crippen LogP contribution in [-0.4, -0.2) is 56.5 Å². The molecule has 226 valence electrons. The average Bonchev–Trinajstić information content (AvgIpc) is 3.34. The van der Waals surface area contributed by atoms with Gasteiger partial charge in [0, 0.05) is 41.6 Å². The summed E-state index contributed by atoms with van der Waals surface area (Å²) in [4.78, 5) is 0. The van der Waals surface area contributed by atoms with Crippen LogP contribution in [0.4, 0.5) is 26.3 Å². The predicted molar refractivity (Wildman–Crippen MR) is 139 cm³/mol. The number of aromatic amines is 1. The third-order valence-corrected chi connectivity index (χ3v) is 6.86. The number of aromatic nitrogens is 6. The fourth-order valence-electron chi connectivity index (χ4n) is 4.57. The molecule has 15 heteroatoms. The molecule has 5 rings (SSSR count).